The van der Waals surface area contributed by atoms with E-state index in [0.29, 0.717) is 5.41 Å². The van der Waals surface area contributed by atoms with E-state index in [1.54, 1.807) is 0 Å². The fourth-order valence-corrected chi connectivity index (χ4v) is 1.76. The van der Waals surface area contributed by atoms with Gasteiger partial charge in [-0.05, 0) is 11.8 Å². The topological polar surface area (TPSA) is 0 Å². The van der Waals surface area contributed by atoms with E-state index in [-0.39, 0.29) is 0 Å². The Morgan fingerprint density at radius 1 is 0.769 bits per heavy atom. The van der Waals surface area contributed by atoms with Crippen molar-refractivity contribution in [2.75, 3.05) is 0 Å². The molecule has 0 aromatic heterocycles. The summed E-state index contributed by atoms with van der Waals surface area (Å²) in [6, 6.07) is 0. The summed E-state index contributed by atoms with van der Waals surface area (Å²) in [6.45, 7) is 9.38. The van der Waals surface area contributed by atoms with Gasteiger partial charge in [-0.25, -0.2) is 0 Å². The molecular weight excluding hydrogens is 156 g/mol. The number of rotatable bonds is 8. The lowest BCUT2D eigenvalue weighted by atomic mass is 9.80. The van der Waals surface area contributed by atoms with Gasteiger partial charge in [-0.15, -0.1) is 0 Å². The van der Waals surface area contributed by atoms with E-state index in [1.807, 2.05) is 0 Å². The molecule has 0 aromatic rings. The Morgan fingerprint density at radius 2 is 1.31 bits per heavy atom. The first-order valence-electron chi connectivity index (χ1n) is 6.18. The van der Waals surface area contributed by atoms with Gasteiger partial charge in [-0.3, -0.25) is 0 Å². The van der Waals surface area contributed by atoms with Gasteiger partial charge in [0.15, 0.2) is 0 Å². The highest BCUT2D eigenvalue weighted by Gasteiger charge is 2.18. The van der Waals surface area contributed by atoms with Crippen LogP contribution in [0, 0.1) is 5.41 Å². The molecule has 0 aliphatic rings. The lowest BCUT2D eigenvalue weighted by molar-refractivity contribution is 0.262. The molecule has 0 atom stereocenters. The highest BCUT2D eigenvalue weighted by Crippen LogP contribution is 2.31. The number of hydrogen-bond acceptors (Lipinski definition) is 0. The van der Waals surface area contributed by atoms with Gasteiger partial charge < -0.3 is 0 Å². The average Bonchev–Trinajstić information content (AvgIpc) is 2.17. The summed E-state index contributed by atoms with van der Waals surface area (Å²) in [4.78, 5) is 0. The minimum absolute atomic E-state index is 0.631. The Balaban J connectivity index is 3.39. The molecule has 0 bridgehead atoms. The average molecular weight is 184 g/mol. The summed E-state index contributed by atoms with van der Waals surface area (Å²) in [6.07, 6.45) is 11.2. The molecule has 0 nitrogen and oxygen atoms in total. The van der Waals surface area contributed by atoms with Gasteiger partial charge in [0.25, 0.3) is 0 Å². The van der Waals surface area contributed by atoms with Crippen LogP contribution in [0.3, 0.4) is 0 Å². The molecule has 0 saturated heterocycles. The number of hydrogen-bond donors (Lipinski definition) is 0. The first kappa shape index (κ1) is 13.0. The van der Waals surface area contributed by atoms with Crippen molar-refractivity contribution in [1.29, 1.82) is 0 Å². The maximum atomic E-state index is 2.44. The summed E-state index contributed by atoms with van der Waals surface area (Å²) in [5.41, 5.74) is 0.631. The molecule has 13 heavy (non-hydrogen) atoms. The van der Waals surface area contributed by atoms with Crippen molar-refractivity contribution in [2.45, 2.75) is 79.1 Å². The lowest BCUT2D eigenvalue weighted by Gasteiger charge is -2.26. The molecule has 0 aliphatic carbocycles. The second kappa shape index (κ2) is 7.41. The van der Waals surface area contributed by atoms with Crippen LogP contribution < -0.4 is 0 Å². The van der Waals surface area contributed by atoms with Crippen molar-refractivity contribution in [3.05, 3.63) is 0 Å². The van der Waals surface area contributed by atoms with Gasteiger partial charge in [0.05, 0.1) is 0 Å². The van der Waals surface area contributed by atoms with Crippen LogP contribution in [0.4, 0.5) is 0 Å². The lowest BCUT2D eigenvalue weighted by Crippen LogP contribution is -2.13. The summed E-state index contributed by atoms with van der Waals surface area (Å²) < 4.78 is 0. The predicted molar refractivity (Wildman–Crippen MR) is 62.1 cm³/mol. The normalized spacial score (nSPS) is 12.0. The maximum absolute atomic E-state index is 2.44. The molecule has 0 N–H and O–H groups in total. The van der Waals surface area contributed by atoms with Gasteiger partial charge in [0, 0.05) is 0 Å². The number of unbranched alkanes of at least 4 members (excludes halogenated alkanes) is 4. The van der Waals surface area contributed by atoms with E-state index in [2.05, 4.69) is 27.7 Å². The molecule has 80 valence electrons. The van der Waals surface area contributed by atoms with Crippen molar-refractivity contribution >= 4 is 0 Å². The molecular formula is C13H28. The smallest absolute Gasteiger partial charge is 0.0331 e. The van der Waals surface area contributed by atoms with Gasteiger partial charge in [-0.1, -0.05) is 72.6 Å². The van der Waals surface area contributed by atoms with Crippen molar-refractivity contribution in [3.8, 4) is 0 Å². The molecule has 0 amide bonds. The van der Waals surface area contributed by atoms with Gasteiger partial charge >= 0.3 is 0 Å². The fourth-order valence-electron chi connectivity index (χ4n) is 1.76. The largest absolute Gasteiger partial charge is 0.0654 e. The first-order chi connectivity index (χ1) is 6.18. The van der Waals surface area contributed by atoms with Crippen molar-refractivity contribution in [1.82, 2.24) is 0 Å². The van der Waals surface area contributed by atoms with E-state index in [9.17, 15) is 0 Å². The zero-order valence-electron chi connectivity index (χ0n) is 10.2. The van der Waals surface area contributed by atoms with E-state index in [0.717, 1.165) is 0 Å². The summed E-state index contributed by atoms with van der Waals surface area (Å²) in [5.74, 6) is 0. The Labute approximate surface area is 85.1 Å². The Kier molecular flexibility index (Phi) is 7.41. The van der Waals surface area contributed by atoms with Crippen LogP contribution in [0.5, 0.6) is 0 Å². The second-order valence-electron chi connectivity index (χ2n) is 4.68. The minimum Gasteiger partial charge on any atom is -0.0654 e. The van der Waals surface area contributed by atoms with Crippen LogP contribution in [-0.2, 0) is 0 Å². The van der Waals surface area contributed by atoms with Crippen LogP contribution in [-0.4, -0.2) is 0 Å². The maximum Gasteiger partial charge on any atom is -0.0331 e. The van der Waals surface area contributed by atoms with E-state index in [1.165, 1.54) is 51.4 Å². The molecule has 0 aliphatic heterocycles. The van der Waals surface area contributed by atoms with Crippen LogP contribution in [0.25, 0.3) is 0 Å². The van der Waals surface area contributed by atoms with E-state index in [4.69, 9.17) is 0 Å². The molecule has 0 aromatic carbocycles. The second-order valence-corrected chi connectivity index (χ2v) is 4.68. The molecule has 0 unspecified atom stereocenters. The Morgan fingerprint density at radius 3 is 1.77 bits per heavy atom. The molecule has 0 spiro atoms. The molecule has 0 radical (unpaired) electrons. The molecule has 0 heterocycles. The molecule has 0 fully saturated rings. The quantitative estimate of drug-likeness (QED) is 0.456. The predicted octanol–water partition coefficient (Wildman–Crippen LogP) is 5.17. The van der Waals surface area contributed by atoms with Crippen LogP contribution >= 0.6 is 0 Å². The zero-order valence-corrected chi connectivity index (χ0v) is 10.2. The molecule has 0 rings (SSSR count). The van der Waals surface area contributed by atoms with Gasteiger partial charge in [0.1, 0.15) is 0 Å². The zero-order chi connectivity index (χ0) is 10.2. The van der Waals surface area contributed by atoms with Crippen LogP contribution in [0.15, 0.2) is 0 Å². The molecule has 0 saturated carbocycles. The van der Waals surface area contributed by atoms with Gasteiger partial charge in [0.2, 0.25) is 0 Å². The third kappa shape index (κ3) is 6.12. The molecule has 0 heteroatoms. The monoisotopic (exact) mass is 184 g/mol. The van der Waals surface area contributed by atoms with Crippen molar-refractivity contribution in [2.24, 2.45) is 5.41 Å². The highest BCUT2D eigenvalue weighted by molar-refractivity contribution is 4.70. The minimum atomic E-state index is 0.631. The first-order valence-corrected chi connectivity index (χ1v) is 6.18. The Hall–Kier alpha value is 0. The third-order valence-electron chi connectivity index (χ3n) is 3.59. The van der Waals surface area contributed by atoms with E-state index >= 15 is 0 Å². The third-order valence-corrected chi connectivity index (χ3v) is 3.59. The van der Waals surface area contributed by atoms with Gasteiger partial charge in [-0.2, -0.15) is 0 Å². The summed E-state index contributed by atoms with van der Waals surface area (Å²) in [7, 11) is 0. The van der Waals surface area contributed by atoms with Crippen LogP contribution in [0.2, 0.25) is 0 Å². The highest BCUT2D eigenvalue weighted by atomic mass is 14.2. The van der Waals surface area contributed by atoms with E-state index < -0.39 is 0 Å². The fraction of sp³-hybridized carbons (Fsp3) is 1.00. The Bertz CT molecular complexity index is 101. The SMILES string of the molecule is CCCCCCCC(C)(CC)CC. The van der Waals surface area contributed by atoms with Crippen molar-refractivity contribution < 1.29 is 0 Å². The van der Waals surface area contributed by atoms with Crippen LogP contribution in [0.1, 0.15) is 79.1 Å². The summed E-state index contributed by atoms with van der Waals surface area (Å²) in [5, 5.41) is 0. The summed E-state index contributed by atoms with van der Waals surface area (Å²) >= 11 is 0. The standard InChI is InChI=1S/C13H28/c1-5-8-9-10-11-12-13(4,6-2)7-3/h5-12H2,1-4H3. The van der Waals surface area contributed by atoms with Crippen molar-refractivity contribution in [3.63, 3.8) is 0 Å².